The highest BCUT2D eigenvalue weighted by Gasteiger charge is 2.23. The second-order valence-corrected chi connectivity index (χ2v) is 9.80. The van der Waals surface area contributed by atoms with Crippen molar-refractivity contribution in [3.05, 3.63) is 46.8 Å². The number of aromatic nitrogens is 2. The molecular formula is C26H38N4O5. The highest BCUT2D eigenvalue weighted by Crippen LogP contribution is 2.20. The Hall–Kier alpha value is -3.20. The van der Waals surface area contributed by atoms with Gasteiger partial charge in [-0.2, -0.15) is 5.10 Å². The van der Waals surface area contributed by atoms with E-state index in [4.69, 9.17) is 9.47 Å². The van der Waals surface area contributed by atoms with Gasteiger partial charge in [-0.05, 0) is 85.0 Å². The smallest absolute Gasteiger partial charge is 0.326 e. The number of aryl methyl sites for hydroxylation is 1. The van der Waals surface area contributed by atoms with Crippen molar-refractivity contribution in [3.63, 3.8) is 0 Å². The van der Waals surface area contributed by atoms with E-state index in [2.05, 4.69) is 5.10 Å². The van der Waals surface area contributed by atoms with Crippen molar-refractivity contribution in [3.8, 4) is 5.69 Å². The summed E-state index contributed by atoms with van der Waals surface area (Å²) in [5.41, 5.74) is 3.44. The number of carbonyl (C=O) groups is 3. The molecule has 0 aliphatic rings. The predicted octanol–water partition coefficient (Wildman–Crippen LogP) is 2.94. The molecule has 0 bridgehead atoms. The zero-order valence-electron chi connectivity index (χ0n) is 22.2. The molecule has 0 fully saturated rings. The molecule has 1 heterocycles. The zero-order valence-corrected chi connectivity index (χ0v) is 22.2. The Bertz CT molecular complexity index is 1040. The topological polar surface area (TPSA) is 94.0 Å². The SMILES string of the molecule is COC(=O)CCc1c(C)nn(-c2ccc(C(=O)N(CCN(C)C)CC(=O)OC(C)(C)C)cc2)c1C. The monoisotopic (exact) mass is 486 g/mol. The van der Waals surface area contributed by atoms with Crippen LogP contribution in [0.25, 0.3) is 5.69 Å². The van der Waals surface area contributed by atoms with E-state index in [1.165, 1.54) is 12.0 Å². The quantitative estimate of drug-likeness (QED) is 0.477. The Morgan fingerprint density at radius 1 is 1.00 bits per heavy atom. The number of hydrogen-bond donors (Lipinski definition) is 0. The largest absolute Gasteiger partial charge is 0.469 e. The van der Waals surface area contributed by atoms with Crippen molar-refractivity contribution in [1.82, 2.24) is 19.6 Å². The molecule has 0 saturated carbocycles. The molecule has 0 aliphatic carbocycles. The minimum Gasteiger partial charge on any atom is -0.469 e. The van der Waals surface area contributed by atoms with Gasteiger partial charge in [-0.25, -0.2) is 4.68 Å². The molecule has 2 rings (SSSR count). The van der Waals surface area contributed by atoms with Gasteiger partial charge in [0.2, 0.25) is 0 Å². The van der Waals surface area contributed by atoms with Crippen LogP contribution >= 0.6 is 0 Å². The molecule has 0 N–H and O–H groups in total. The fourth-order valence-corrected chi connectivity index (χ4v) is 3.65. The predicted molar refractivity (Wildman–Crippen MR) is 134 cm³/mol. The van der Waals surface area contributed by atoms with Gasteiger partial charge in [0, 0.05) is 30.8 Å². The van der Waals surface area contributed by atoms with Gasteiger partial charge in [-0.15, -0.1) is 0 Å². The fourth-order valence-electron chi connectivity index (χ4n) is 3.65. The third-order valence-corrected chi connectivity index (χ3v) is 5.45. The van der Waals surface area contributed by atoms with Gasteiger partial charge in [0.15, 0.2) is 0 Å². The van der Waals surface area contributed by atoms with E-state index in [-0.39, 0.29) is 24.8 Å². The number of benzene rings is 1. The lowest BCUT2D eigenvalue weighted by atomic mass is 10.1. The van der Waals surface area contributed by atoms with Crippen LogP contribution in [0.2, 0.25) is 0 Å². The van der Waals surface area contributed by atoms with Crippen molar-refractivity contribution in [2.75, 3.05) is 40.8 Å². The lowest BCUT2D eigenvalue weighted by Gasteiger charge is -2.26. The summed E-state index contributed by atoms with van der Waals surface area (Å²) in [6.07, 6.45) is 0.837. The van der Waals surface area contributed by atoms with Gasteiger partial charge >= 0.3 is 11.9 Å². The minimum absolute atomic E-state index is 0.118. The Labute approximate surface area is 208 Å². The number of carbonyl (C=O) groups excluding carboxylic acids is 3. The van der Waals surface area contributed by atoms with E-state index < -0.39 is 11.6 Å². The first kappa shape index (κ1) is 28.0. The van der Waals surface area contributed by atoms with Gasteiger partial charge in [0.05, 0.1) is 18.5 Å². The summed E-state index contributed by atoms with van der Waals surface area (Å²) in [7, 11) is 5.21. The highest BCUT2D eigenvalue weighted by atomic mass is 16.6. The van der Waals surface area contributed by atoms with Crippen LogP contribution < -0.4 is 0 Å². The summed E-state index contributed by atoms with van der Waals surface area (Å²) in [5.74, 6) is -0.940. The van der Waals surface area contributed by atoms with E-state index in [1.807, 2.05) is 45.0 Å². The first-order valence-corrected chi connectivity index (χ1v) is 11.7. The second kappa shape index (κ2) is 12.0. The van der Waals surface area contributed by atoms with E-state index in [0.29, 0.717) is 25.1 Å². The zero-order chi connectivity index (χ0) is 26.3. The van der Waals surface area contributed by atoms with Crippen LogP contribution in [0.15, 0.2) is 24.3 Å². The van der Waals surface area contributed by atoms with Crippen LogP contribution in [0.3, 0.4) is 0 Å². The highest BCUT2D eigenvalue weighted by molar-refractivity contribution is 5.96. The molecule has 35 heavy (non-hydrogen) atoms. The molecule has 192 valence electrons. The Morgan fingerprint density at radius 3 is 2.17 bits per heavy atom. The normalized spacial score (nSPS) is 11.5. The van der Waals surface area contributed by atoms with Crippen molar-refractivity contribution in [2.45, 2.75) is 53.1 Å². The van der Waals surface area contributed by atoms with E-state index in [1.54, 1.807) is 37.6 Å². The summed E-state index contributed by atoms with van der Waals surface area (Å²) in [4.78, 5) is 40.7. The van der Waals surface area contributed by atoms with E-state index >= 15 is 0 Å². The summed E-state index contributed by atoms with van der Waals surface area (Å²) in [5, 5.41) is 4.62. The molecule has 0 atom stereocenters. The van der Waals surface area contributed by atoms with Gasteiger partial charge in [0.1, 0.15) is 12.1 Å². The molecule has 9 heteroatoms. The summed E-state index contributed by atoms with van der Waals surface area (Å²) < 4.78 is 12.0. The second-order valence-electron chi connectivity index (χ2n) is 9.80. The number of nitrogens with zero attached hydrogens (tertiary/aromatic N) is 4. The third kappa shape index (κ3) is 8.20. The maximum atomic E-state index is 13.2. The van der Waals surface area contributed by atoms with Crippen molar-refractivity contribution in [2.24, 2.45) is 0 Å². The van der Waals surface area contributed by atoms with E-state index in [0.717, 1.165) is 22.6 Å². The number of hydrogen-bond acceptors (Lipinski definition) is 7. The molecule has 0 saturated heterocycles. The lowest BCUT2D eigenvalue weighted by Crippen LogP contribution is -2.42. The molecule has 0 unspecified atom stereocenters. The number of methoxy groups -OCH3 is 1. The maximum absolute atomic E-state index is 13.2. The van der Waals surface area contributed by atoms with Crippen LogP contribution in [0.4, 0.5) is 0 Å². The molecule has 1 aromatic carbocycles. The Balaban J connectivity index is 2.22. The summed E-state index contributed by atoms with van der Waals surface area (Å²) in [6.45, 7) is 10.2. The van der Waals surface area contributed by atoms with Gasteiger partial charge in [-0.3, -0.25) is 14.4 Å². The van der Waals surface area contributed by atoms with Crippen LogP contribution in [0, 0.1) is 13.8 Å². The Morgan fingerprint density at radius 2 is 1.63 bits per heavy atom. The summed E-state index contributed by atoms with van der Waals surface area (Å²) in [6, 6.07) is 7.13. The van der Waals surface area contributed by atoms with Crippen LogP contribution in [0.1, 0.15) is 54.5 Å². The molecule has 0 spiro atoms. The molecule has 2 aromatic rings. The van der Waals surface area contributed by atoms with Gasteiger partial charge in [0.25, 0.3) is 5.91 Å². The molecule has 1 aromatic heterocycles. The first-order valence-electron chi connectivity index (χ1n) is 11.7. The lowest BCUT2D eigenvalue weighted by molar-refractivity contribution is -0.155. The van der Waals surface area contributed by atoms with Gasteiger partial charge in [-0.1, -0.05) is 0 Å². The van der Waals surface area contributed by atoms with Crippen molar-refractivity contribution >= 4 is 17.8 Å². The average molecular weight is 487 g/mol. The molecule has 1 amide bonds. The maximum Gasteiger partial charge on any atom is 0.326 e. The molecule has 0 radical (unpaired) electrons. The molecule has 0 aliphatic heterocycles. The number of ether oxygens (including phenoxy) is 2. The van der Waals surface area contributed by atoms with Crippen molar-refractivity contribution < 1.29 is 23.9 Å². The summed E-state index contributed by atoms with van der Waals surface area (Å²) >= 11 is 0. The van der Waals surface area contributed by atoms with Crippen molar-refractivity contribution in [1.29, 1.82) is 0 Å². The number of rotatable bonds is 10. The fraction of sp³-hybridized carbons (Fsp3) is 0.538. The van der Waals surface area contributed by atoms with Crippen LogP contribution in [-0.2, 0) is 25.5 Å². The Kier molecular flexibility index (Phi) is 9.59. The van der Waals surface area contributed by atoms with E-state index in [9.17, 15) is 14.4 Å². The standard InChI is InChI=1S/C26H38N4O5/c1-18-22(13-14-23(31)34-8)19(2)30(27-18)21-11-9-20(10-12-21)25(33)29(16-15-28(6)7)17-24(32)35-26(3,4)5/h9-12H,13-17H2,1-8H3. The third-order valence-electron chi connectivity index (χ3n) is 5.45. The van der Waals surface area contributed by atoms with Gasteiger partial charge < -0.3 is 19.3 Å². The van der Waals surface area contributed by atoms with Crippen LogP contribution in [-0.4, -0.2) is 83.9 Å². The molecule has 9 nitrogen and oxygen atoms in total. The average Bonchev–Trinajstić information content (AvgIpc) is 3.06. The molecular weight excluding hydrogens is 448 g/mol. The number of likely N-dealkylation sites (N-methyl/N-ethyl adjacent to an activating group) is 1. The van der Waals surface area contributed by atoms with Crippen LogP contribution in [0.5, 0.6) is 0 Å². The minimum atomic E-state index is -0.621. The first-order chi connectivity index (χ1) is 16.3. The number of amides is 1. The number of esters is 2.